The Morgan fingerprint density at radius 1 is 1.40 bits per heavy atom. The predicted octanol–water partition coefficient (Wildman–Crippen LogP) is 1.82. The Bertz CT molecular complexity index is 317. The van der Waals surface area contributed by atoms with Gasteiger partial charge in [0.25, 0.3) is 0 Å². The summed E-state index contributed by atoms with van der Waals surface area (Å²) in [6.07, 6.45) is 2.66. The number of hydrogen-bond donors (Lipinski definition) is 0. The van der Waals surface area contributed by atoms with Gasteiger partial charge in [0.2, 0.25) is 0 Å². The molecule has 1 heterocycles. The van der Waals surface area contributed by atoms with Crippen molar-refractivity contribution < 1.29 is 13.2 Å². The van der Waals surface area contributed by atoms with Crippen LogP contribution < -0.4 is 0 Å². The summed E-state index contributed by atoms with van der Waals surface area (Å²) in [6, 6.07) is 0. The van der Waals surface area contributed by atoms with Crippen molar-refractivity contribution >= 4 is 15.6 Å². The topological polar surface area (TPSA) is 51.2 Å². The van der Waals surface area contributed by atoms with Crippen molar-refractivity contribution in [1.82, 2.24) is 0 Å². The van der Waals surface area contributed by atoms with E-state index in [0.717, 1.165) is 6.42 Å². The molecule has 88 valence electrons. The van der Waals surface area contributed by atoms with E-state index in [4.69, 9.17) is 0 Å². The SMILES string of the molecule is CC(C)CCC(=O)CC1CCS(=O)(=O)C1. The second kappa shape index (κ2) is 5.10. The monoisotopic (exact) mass is 232 g/mol. The first-order valence-electron chi connectivity index (χ1n) is 5.61. The van der Waals surface area contributed by atoms with E-state index in [9.17, 15) is 13.2 Å². The molecule has 1 unspecified atom stereocenters. The van der Waals surface area contributed by atoms with Crippen LogP contribution >= 0.6 is 0 Å². The van der Waals surface area contributed by atoms with Gasteiger partial charge in [-0.1, -0.05) is 13.8 Å². The molecule has 1 aliphatic rings. The third kappa shape index (κ3) is 4.78. The van der Waals surface area contributed by atoms with Gasteiger partial charge < -0.3 is 0 Å². The van der Waals surface area contributed by atoms with Gasteiger partial charge in [0.1, 0.15) is 5.78 Å². The van der Waals surface area contributed by atoms with Crippen molar-refractivity contribution in [2.45, 2.75) is 39.5 Å². The lowest BCUT2D eigenvalue weighted by Gasteiger charge is -2.07. The average Bonchev–Trinajstić information content (AvgIpc) is 2.42. The van der Waals surface area contributed by atoms with Crippen LogP contribution in [0.15, 0.2) is 0 Å². The minimum atomic E-state index is -2.82. The number of carbonyl (C=O) groups is 1. The number of carbonyl (C=O) groups excluding carboxylic acids is 1. The summed E-state index contributed by atoms with van der Waals surface area (Å²) in [6.45, 7) is 4.18. The summed E-state index contributed by atoms with van der Waals surface area (Å²) >= 11 is 0. The molecule has 1 aliphatic heterocycles. The molecule has 4 heteroatoms. The maximum absolute atomic E-state index is 11.5. The van der Waals surface area contributed by atoms with Crippen LogP contribution in [0.1, 0.15) is 39.5 Å². The molecule has 0 aromatic rings. The van der Waals surface area contributed by atoms with Gasteiger partial charge in [0.05, 0.1) is 11.5 Å². The van der Waals surface area contributed by atoms with E-state index in [1.165, 1.54) is 0 Å². The number of ketones is 1. The van der Waals surface area contributed by atoms with Crippen LogP contribution in [0.25, 0.3) is 0 Å². The van der Waals surface area contributed by atoms with Gasteiger partial charge in [-0.25, -0.2) is 8.42 Å². The Morgan fingerprint density at radius 3 is 2.53 bits per heavy atom. The number of Topliss-reactive ketones (excluding diaryl/α,β-unsaturated/α-hetero) is 1. The molecule has 0 amide bonds. The smallest absolute Gasteiger partial charge is 0.150 e. The van der Waals surface area contributed by atoms with Crippen molar-refractivity contribution in [2.75, 3.05) is 11.5 Å². The molecular formula is C11H20O3S. The first-order valence-corrected chi connectivity index (χ1v) is 7.43. The Labute approximate surface area is 92.2 Å². The van der Waals surface area contributed by atoms with Crippen molar-refractivity contribution in [1.29, 1.82) is 0 Å². The molecule has 0 N–H and O–H groups in total. The fourth-order valence-corrected chi connectivity index (χ4v) is 3.77. The van der Waals surface area contributed by atoms with Gasteiger partial charge in [0.15, 0.2) is 9.84 Å². The van der Waals surface area contributed by atoms with E-state index in [0.29, 0.717) is 25.2 Å². The van der Waals surface area contributed by atoms with Crippen molar-refractivity contribution in [3.05, 3.63) is 0 Å². The first kappa shape index (κ1) is 12.7. The molecule has 3 nitrogen and oxygen atoms in total. The lowest BCUT2D eigenvalue weighted by Crippen LogP contribution is -2.11. The lowest BCUT2D eigenvalue weighted by atomic mass is 9.97. The molecule has 0 saturated carbocycles. The first-order chi connectivity index (χ1) is 6.89. The van der Waals surface area contributed by atoms with E-state index < -0.39 is 9.84 Å². The van der Waals surface area contributed by atoms with Gasteiger partial charge in [-0.05, 0) is 24.7 Å². The molecular weight excluding hydrogens is 212 g/mol. The van der Waals surface area contributed by atoms with Crippen molar-refractivity contribution in [2.24, 2.45) is 11.8 Å². The zero-order chi connectivity index (χ0) is 11.5. The largest absolute Gasteiger partial charge is 0.300 e. The van der Waals surface area contributed by atoms with E-state index >= 15 is 0 Å². The lowest BCUT2D eigenvalue weighted by molar-refractivity contribution is -0.120. The fourth-order valence-electron chi connectivity index (χ4n) is 1.91. The third-order valence-electron chi connectivity index (χ3n) is 2.84. The van der Waals surface area contributed by atoms with Crippen LogP contribution in [-0.2, 0) is 14.6 Å². The van der Waals surface area contributed by atoms with E-state index in [1.54, 1.807) is 0 Å². The predicted molar refractivity (Wildman–Crippen MR) is 60.5 cm³/mol. The van der Waals surface area contributed by atoms with Gasteiger partial charge >= 0.3 is 0 Å². The van der Waals surface area contributed by atoms with Crippen LogP contribution in [0.2, 0.25) is 0 Å². The quantitative estimate of drug-likeness (QED) is 0.726. The van der Waals surface area contributed by atoms with Crippen LogP contribution in [0, 0.1) is 11.8 Å². The molecule has 0 aromatic heterocycles. The van der Waals surface area contributed by atoms with Crippen molar-refractivity contribution in [3.8, 4) is 0 Å². The molecule has 0 bridgehead atoms. The Balaban J connectivity index is 2.28. The van der Waals surface area contributed by atoms with E-state index in [2.05, 4.69) is 13.8 Å². The number of rotatable bonds is 5. The Hall–Kier alpha value is -0.380. The summed E-state index contributed by atoms with van der Waals surface area (Å²) in [5, 5.41) is 0. The molecule has 0 aliphatic carbocycles. The van der Waals surface area contributed by atoms with Crippen molar-refractivity contribution in [3.63, 3.8) is 0 Å². The van der Waals surface area contributed by atoms with Crippen LogP contribution in [0.3, 0.4) is 0 Å². The highest BCUT2D eigenvalue weighted by Crippen LogP contribution is 2.22. The molecule has 1 fully saturated rings. The van der Waals surface area contributed by atoms with E-state index in [1.807, 2.05) is 0 Å². The number of hydrogen-bond acceptors (Lipinski definition) is 3. The molecule has 0 spiro atoms. The Kier molecular flexibility index (Phi) is 4.32. The second-order valence-electron chi connectivity index (χ2n) is 4.94. The van der Waals surface area contributed by atoms with Gasteiger partial charge in [-0.15, -0.1) is 0 Å². The summed E-state index contributed by atoms with van der Waals surface area (Å²) in [7, 11) is -2.82. The summed E-state index contributed by atoms with van der Waals surface area (Å²) in [4.78, 5) is 11.5. The highest BCUT2D eigenvalue weighted by Gasteiger charge is 2.29. The second-order valence-corrected chi connectivity index (χ2v) is 7.17. The van der Waals surface area contributed by atoms with Gasteiger partial charge in [-0.2, -0.15) is 0 Å². The maximum atomic E-state index is 11.5. The van der Waals surface area contributed by atoms with Gasteiger partial charge in [0, 0.05) is 12.8 Å². The minimum absolute atomic E-state index is 0.0923. The zero-order valence-electron chi connectivity index (χ0n) is 9.53. The zero-order valence-corrected chi connectivity index (χ0v) is 10.3. The van der Waals surface area contributed by atoms with Crippen LogP contribution in [0.4, 0.5) is 0 Å². The Morgan fingerprint density at radius 2 is 2.07 bits per heavy atom. The summed E-state index contributed by atoms with van der Waals surface area (Å²) in [5.74, 6) is 1.36. The molecule has 15 heavy (non-hydrogen) atoms. The molecule has 1 saturated heterocycles. The molecule has 1 atom stereocenters. The molecule has 0 radical (unpaired) electrons. The van der Waals surface area contributed by atoms with E-state index in [-0.39, 0.29) is 23.2 Å². The number of sulfone groups is 1. The van der Waals surface area contributed by atoms with Crippen LogP contribution in [-0.4, -0.2) is 25.7 Å². The van der Waals surface area contributed by atoms with Crippen LogP contribution in [0.5, 0.6) is 0 Å². The average molecular weight is 232 g/mol. The normalized spacial score (nSPS) is 24.6. The van der Waals surface area contributed by atoms with Gasteiger partial charge in [-0.3, -0.25) is 4.79 Å². The highest BCUT2D eigenvalue weighted by atomic mass is 32.2. The maximum Gasteiger partial charge on any atom is 0.150 e. The third-order valence-corrected chi connectivity index (χ3v) is 4.68. The highest BCUT2D eigenvalue weighted by molar-refractivity contribution is 7.91. The molecule has 0 aromatic carbocycles. The minimum Gasteiger partial charge on any atom is -0.300 e. The summed E-state index contributed by atoms with van der Waals surface area (Å²) in [5.41, 5.74) is 0. The molecule has 1 rings (SSSR count). The fraction of sp³-hybridized carbons (Fsp3) is 0.909. The summed E-state index contributed by atoms with van der Waals surface area (Å²) < 4.78 is 22.4. The standard InChI is InChI=1S/C11H20O3S/c1-9(2)3-4-11(12)7-10-5-6-15(13,14)8-10/h9-10H,3-8H2,1-2H3.